The second-order valence-electron chi connectivity index (χ2n) is 8.35. The highest BCUT2D eigenvalue weighted by Gasteiger charge is 2.17. The van der Waals surface area contributed by atoms with Crippen LogP contribution in [0.15, 0.2) is 77.7 Å². The van der Waals surface area contributed by atoms with Gasteiger partial charge in [0.25, 0.3) is 0 Å². The van der Waals surface area contributed by atoms with Gasteiger partial charge in [0, 0.05) is 46.6 Å². The second-order valence-corrected chi connectivity index (χ2v) is 8.35. The number of fused-ring (bicyclic) bond motifs is 1. The molecule has 0 aliphatic carbocycles. The maximum absolute atomic E-state index is 9.53. The van der Waals surface area contributed by atoms with E-state index in [-0.39, 0.29) is 6.61 Å². The Labute approximate surface area is 197 Å². The van der Waals surface area contributed by atoms with Crippen molar-refractivity contribution >= 4 is 11.0 Å². The smallest absolute Gasteiger partial charge is 0.138 e. The average Bonchev–Trinajstić information content (AvgIpc) is 3.49. The third-order valence-corrected chi connectivity index (χ3v) is 5.71. The van der Waals surface area contributed by atoms with Crippen molar-refractivity contribution in [2.75, 3.05) is 27.2 Å². The summed E-state index contributed by atoms with van der Waals surface area (Å²) in [7, 11) is 4.05. The van der Waals surface area contributed by atoms with E-state index in [0.29, 0.717) is 12.2 Å². The van der Waals surface area contributed by atoms with E-state index in [1.807, 2.05) is 68.7 Å². The highest BCUT2D eigenvalue weighted by atomic mass is 16.5. The van der Waals surface area contributed by atoms with Gasteiger partial charge in [-0.2, -0.15) is 0 Å². The molecule has 2 N–H and O–H groups in total. The van der Waals surface area contributed by atoms with Crippen LogP contribution in [0.2, 0.25) is 0 Å². The lowest BCUT2D eigenvalue weighted by molar-refractivity contribution is 0.261. The highest BCUT2D eigenvalue weighted by Crippen LogP contribution is 2.35. The zero-order valence-electron chi connectivity index (χ0n) is 19.2. The number of aromatic nitrogens is 3. The monoisotopic (exact) mass is 454 g/mol. The summed E-state index contributed by atoms with van der Waals surface area (Å²) >= 11 is 0. The number of pyridine rings is 1. The number of furan rings is 1. The van der Waals surface area contributed by atoms with Crippen molar-refractivity contribution in [2.45, 2.75) is 6.61 Å². The molecule has 0 spiro atoms. The first kappa shape index (κ1) is 21.9. The lowest BCUT2D eigenvalue weighted by Crippen LogP contribution is -2.19. The van der Waals surface area contributed by atoms with Crippen LogP contribution in [-0.4, -0.2) is 52.2 Å². The molecule has 34 heavy (non-hydrogen) atoms. The van der Waals surface area contributed by atoms with Gasteiger partial charge in [-0.1, -0.05) is 12.1 Å². The molecule has 0 aliphatic heterocycles. The number of aliphatic hydroxyl groups is 1. The Bertz CT molecular complexity index is 1390. The van der Waals surface area contributed by atoms with Gasteiger partial charge in [0.15, 0.2) is 0 Å². The number of imidazole rings is 1. The van der Waals surface area contributed by atoms with Crippen LogP contribution < -0.4 is 4.74 Å². The van der Waals surface area contributed by atoms with E-state index < -0.39 is 0 Å². The van der Waals surface area contributed by atoms with Crippen molar-refractivity contribution in [2.24, 2.45) is 0 Å². The van der Waals surface area contributed by atoms with Crippen molar-refractivity contribution in [3.8, 4) is 39.7 Å². The Morgan fingerprint density at radius 3 is 2.47 bits per heavy atom. The van der Waals surface area contributed by atoms with Gasteiger partial charge in [0.2, 0.25) is 0 Å². The number of ether oxygens (including phenoxy) is 1. The maximum Gasteiger partial charge on any atom is 0.138 e. The number of aliphatic hydroxyl groups excluding tert-OH is 1. The first-order valence-electron chi connectivity index (χ1n) is 11.1. The molecule has 0 fully saturated rings. The van der Waals surface area contributed by atoms with Gasteiger partial charge in [-0.3, -0.25) is 4.98 Å². The average molecular weight is 455 g/mol. The molecule has 0 atom stereocenters. The predicted octanol–water partition coefficient (Wildman–Crippen LogP) is 4.98. The molecular weight excluding hydrogens is 428 g/mol. The molecule has 3 aromatic heterocycles. The van der Waals surface area contributed by atoms with Crippen LogP contribution >= 0.6 is 0 Å². The Morgan fingerprint density at radius 1 is 0.971 bits per heavy atom. The Kier molecular flexibility index (Phi) is 6.12. The zero-order valence-corrected chi connectivity index (χ0v) is 19.2. The van der Waals surface area contributed by atoms with Gasteiger partial charge in [-0.15, -0.1) is 0 Å². The molecule has 172 valence electrons. The lowest BCUT2D eigenvalue weighted by Gasteiger charge is -2.11. The van der Waals surface area contributed by atoms with E-state index in [1.54, 1.807) is 18.7 Å². The standard InChI is InChI=1S/C27H26N4O3/c1-31(2)13-14-33-22-6-3-19(4-7-22)27-29-25(18-9-11-28-12-10-18)26(30-27)20-5-8-23-21(16-32)17-34-24(23)15-20/h3-12,15,17,32H,13-14,16H2,1-2H3,(H,29,30). The normalized spacial score (nSPS) is 11.4. The Hall–Kier alpha value is -3.94. The summed E-state index contributed by atoms with van der Waals surface area (Å²) < 4.78 is 11.5. The minimum absolute atomic E-state index is 0.0595. The molecule has 3 heterocycles. The van der Waals surface area contributed by atoms with Gasteiger partial charge in [0.05, 0.1) is 24.3 Å². The van der Waals surface area contributed by atoms with E-state index in [4.69, 9.17) is 14.1 Å². The van der Waals surface area contributed by atoms with Crippen molar-refractivity contribution in [1.82, 2.24) is 19.9 Å². The van der Waals surface area contributed by atoms with Gasteiger partial charge in [-0.05, 0) is 56.6 Å². The van der Waals surface area contributed by atoms with Crippen LogP contribution in [0.3, 0.4) is 0 Å². The van der Waals surface area contributed by atoms with Crippen molar-refractivity contribution < 1.29 is 14.3 Å². The minimum Gasteiger partial charge on any atom is -0.492 e. The summed E-state index contributed by atoms with van der Waals surface area (Å²) in [6.07, 6.45) is 5.13. The van der Waals surface area contributed by atoms with Crippen LogP contribution in [-0.2, 0) is 6.61 Å². The van der Waals surface area contributed by atoms with Crippen LogP contribution in [0.1, 0.15) is 5.56 Å². The summed E-state index contributed by atoms with van der Waals surface area (Å²) in [6, 6.07) is 17.8. The molecule has 0 bridgehead atoms. The van der Waals surface area contributed by atoms with Gasteiger partial charge in [-0.25, -0.2) is 4.98 Å². The molecular formula is C27H26N4O3. The number of hydrogen-bond donors (Lipinski definition) is 2. The van der Waals surface area contributed by atoms with E-state index in [9.17, 15) is 5.11 Å². The number of aromatic amines is 1. The van der Waals surface area contributed by atoms with E-state index >= 15 is 0 Å². The van der Waals surface area contributed by atoms with Crippen molar-refractivity contribution in [1.29, 1.82) is 0 Å². The summed E-state index contributed by atoms with van der Waals surface area (Å²) in [4.78, 5) is 14.7. The minimum atomic E-state index is -0.0595. The summed E-state index contributed by atoms with van der Waals surface area (Å²) in [5.74, 6) is 1.59. The predicted molar refractivity (Wildman–Crippen MR) is 132 cm³/mol. The van der Waals surface area contributed by atoms with Gasteiger partial charge < -0.3 is 24.1 Å². The number of H-pyrrole nitrogens is 1. The molecule has 0 saturated carbocycles. The third-order valence-electron chi connectivity index (χ3n) is 5.71. The molecule has 7 heteroatoms. The molecule has 0 amide bonds. The van der Waals surface area contributed by atoms with Crippen molar-refractivity contribution in [3.05, 3.63) is 78.8 Å². The highest BCUT2D eigenvalue weighted by molar-refractivity contribution is 5.89. The first-order valence-corrected chi connectivity index (χ1v) is 11.1. The topological polar surface area (TPSA) is 87.4 Å². The van der Waals surface area contributed by atoms with Crippen molar-refractivity contribution in [3.63, 3.8) is 0 Å². The molecule has 5 aromatic rings. The number of likely N-dealkylation sites (N-methyl/N-ethyl adjacent to an activating group) is 1. The summed E-state index contributed by atoms with van der Waals surface area (Å²) in [6.45, 7) is 1.44. The second kappa shape index (κ2) is 9.51. The van der Waals surface area contributed by atoms with Crippen LogP contribution in [0, 0.1) is 0 Å². The van der Waals surface area contributed by atoms with E-state index in [2.05, 4.69) is 14.9 Å². The fourth-order valence-corrected chi connectivity index (χ4v) is 3.85. The largest absolute Gasteiger partial charge is 0.492 e. The van der Waals surface area contributed by atoms with Crippen LogP contribution in [0.4, 0.5) is 0 Å². The number of nitrogens with one attached hydrogen (secondary N) is 1. The summed E-state index contributed by atoms with van der Waals surface area (Å²) in [5.41, 5.74) is 6.07. The SMILES string of the molecule is CN(C)CCOc1ccc(-c2nc(-c3ccc4c(CO)coc4c3)c(-c3ccncc3)[nH]2)cc1. The zero-order chi connectivity index (χ0) is 23.5. The maximum atomic E-state index is 9.53. The summed E-state index contributed by atoms with van der Waals surface area (Å²) in [5, 5.41) is 10.4. The van der Waals surface area contributed by atoms with Crippen LogP contribution in [0.5, 0.6) is 5.75 Å². The van der Waals surface area contributed by atoms with E-state index in [1.165, 1.54) is 0 Å². The number of hydrogen-bond acceptors (Lipinski definition) is 6. The fraction of sp³-hybridized carbons (Fsp3) is 0.185. The first-order chi connectivity index (χ1) is 16.6. The molecule has 0 aliphatic rings. The van der Waals surface area contributed by atoms with Gasteiger partial charge in [0.1, 0.15) is 23.8 Å². The molecule has 0 unspecified atom stereocenters. The molecule has 5 rings (SSSR count). The quantitative estimate of drug-likeness (QED) is 0.344. The van der Waals surface area contributed by atoms with Gasteiger partial charge >= 0.3 is 0 Å². The lowest BCUT2D eigenvalue weighted by atomic mass is 10.0. The molecule has 0 saturated heterocycles. The fourth-order valence-electron chi connectivity index (χ4n) is 3.85. The van der Waals surface area contributed by atoms with E-state index in [0.717, 1.165) is 57.1 Å². The molecule has 7 nitrogen and oxygen atoms in total. The number of rotatable bonds is 8. The Balaban J connectivity index is 1.52. The molecule has 0 radical (unpaired) electrons. The third kappa shape index (κ3) is 4.44. The molecule has 2 aromatic carbocycles. The van der Waals surface area contributed by atoms with Crippen LogP contribution in [0.25, 0.3) is 44.9 Å². The number of nitrogens with zero attached hydrogens (tertiary/aromatic N) is 3. The Morgan fingerprint density at radius 2 is 1.74 bits per heavy atom. The number of benzene rings is 2.